The van der Waals surface area contributed by atoms with E-state index >= 15 is 0 Å². The van der Waals surface area contributed by atoms with Crippen molar-refractivity contribution in [2.45, 2.75) is 39.7 Å². The Morgan fingerprint density at radius 1 is 1.28 bits per heavy atom. The molecule has 1 aliphatic rings. The van der Waals surface area contributed by atoms with E-state index < -0.39 is 6.10 Å². The lowest BCUT2D eigenvalue weighted by Gasteiger charge is -2.22. The number of aryl methyl sites for hydroxylation is 2. The van der Waals surface area contributed by atoms with Gasteiger partial charge in [-0.1, -0.05) is 17.7 Å². The molecular formula is C15H21NO2. The minimum atomic E-state index is -0.399. The Kier molecular flexibility index (Phi) is 3.90. The predicted molar refractivity (Wildman–Crippen MR) is 71.8 cm³/mol. The van der Waals surface area contributed by atoms with E-state index in [0.717, 1.165) is 37.2 Å². The quantitative estimate of drug-likeness (QED) is 0.822. The number of hydrogen-bond donors (Lipinski definition) is 0. The maximum absolute atomic E-state index is 12.1. The molecular weight excluding hydrogens is 226 g/mol. The van der Waals surface area contributed by atoms with E-state index in [1.54, 1.807) is 0 Å². The summed E-state index contributed by atoms with van der Waals surface area (Å²) >= 11 is 0. The molecule has 1 aromatic rings. The molecule has 0 N–H and O–H groups in total. The van der Waals surface area contributed by atoms with Gasteiger partial charge in [-0.15, -0.1) is 0 Å². The minimum Gasteiger partial charge on any atom is -0.481 e. The van der Waals surface area contributed by atoms with Gasteiger partial charge in [-0.05, 0) is 45.2 Å². The summed E-state index contributed by atoms with van der Waals surface area (Å²) in [6.45, 7) is 7.64. The van der Waals surface area contributed by atoms with Gasteiger partial charge in [0, 0.05) is 13.1 Å². The zero-order chi connectivity index (χ0) is 13.1. The first-order chi connectivity index (χ1) is 8.58. The van der Waals surface area contributed by atoms with E-state index in [1.807, 2.05) is 30.9 Å². The van der Waals surface area contributed by atoms with Crippen LogP contribution in [0.1, 0.15) is 30.9 Å². The van der Waals surface area contributed by atoms with Crippen LogP contribution in [0.2, 0.25) is 0 Å². The average Bonchev–Trinajstić information content (AvgIpc) is 2.85. The Hall–Kier alpha value is -1.51. The normalized spacial score (nSPS) is 16.7. The summed E-state index contributed by atoms with van der Waals surface area (Å²) in [6.07, 6.45) is 1.83. The SMILES string of the molecule is Cc1ccc(O[C@H](C)C(=O)N2CCCC2)c(C)c1. The highest BCUT2D eigenvalue weighted by Crippen LogP contribution is 2.21. The van der Waals surface area contributed by atoms with Crippen LogP contribution >= 0.6 is 0 Å². The van der Waals surface area contributed by atoms with E-state index in [1.165, 1.54) is 5.56 Å². The predicted octanol–water partition coefficient (Wildman–Crippen LogP) is 2.69. The number of likely N-dealkylation sites (tertiary alicyclic amines) is 1. The Morgan fingerprint density at radius 2 is 1.94 bits per heavy atom. The molecule has 98 valence electrons. The molecule has 2 rings (SSSR count). The third kappa shape index (κ3) is 2.84. The van der Waals surface area contributed by atoms with Crippen molar-refractivity contribution in [2.24, 2.45) is 0 Å². The monoisotopic (exact) mass is 247 g/mol. The average molecular weight is 247 g/mol. The maximum atomic E-state index is 12.1. The molecule has 1 aromatic carbocycles. The zero-order valence-electron chi connectivity index (χ0n) is 11.4. The third-order valence-corrected chi connectivity index (χ3v) is 3.40. The van der Waals surface area contributed by atoms with Gasteiger partial charge in [0.1, 0.15) is 5.75 Å². The molecule has 0 bridgehead atoms. The van der Waals surface area contributed by atoms with Crippen molar-refractivity contribution in [1.82, 2.24) is 4.90 Å². The van der Waals surface area contributed by atoms with Crippen LogP contribution < -0.4 is 4.74 Å². The number of carbonyl (C=O) groups excluding carboxylic acids is 1. The molecule has 0 aromatic heterocycles. The smallest absolute Gasteiger partial charge is 0.263 e. The van der Waals surface area contributed by atoms with Crippen molar-refractivity contribution in [1.29, 1.82) is 0 Å². The summed E-state index contributed by atoms with van der Waals surface area (Å²) in [7, 11) is 0. The van der Waals surface area contributed by atoms with Gasteiger partial charge in [-0.3, -0.25) is 4.79 Å². The number of hydrogen-bond acceptors (Lipinski definition) is 2. The Bertz CT molecular complexity index is 436. The number of nitrogens with zero attached hydrogens (tertiary/aromatic N) is 1. The fourth-order valence-electron chi connectivity index (χ4n) is 2.37. The van der Waals surface area contributed by atoms with E-state index in [4.69, 9.17) is 4.74 Å². The molecule has 18 heavy (non-hydrogen) atoms. The van der Waals surface area contributed by atoms with Crippen molar-refractivity contribution in [3.8, 4) is 5.75 Å². The van der Waals surface area contributed by atoms with Gasteiger partial charge >= 0.3 is 0 Å². The van der Waals surface area contributed by atoms with Gasteiger partial charge in [0.2, 0.25) is 0 Å². The zero-order valence-corrected chi connectivity index (χ0v) is 11.4. The topological polar surface area (TPSA) is 29.5 Å². The molecule has 1 aliphatic heterocycles. The molecule has 3 nitrogen and oxygen atoms in total. The highest BCUT2D eigenvalue weighted by Gasteiger charge is 2.24. The first-order valence-corrected chi connectivity index (χ1v) is 6.60. The van der Waals surface area contributed by atoms with Crippen molar-refractivity contribution in [3.05, 3.63) is 29.3 Å². The van der Waals surface area contributed by atoms with Gasteiger partial charge in [0.15, 0.2) is 6.10 Å². The van der Waals surface area contributed by atoms with Crippen LogP contribution in [0.3, 0.4) is 0 Å². The summed E-state index contributed by atoms with van der Waals surface area (Å²) in [6, 6.07) is 6.02. The first kappa shape index (κ1) is 12.9. The Labute approximate surface area is 109 Å². The molecule has 1 amide bonds. The maximum Gasteiger partial charge on any atom is 0.263 e. The fourth-order valence-corrected chi connectivity index (χ4v) is 2.37. The number of benzene rings is 1. The summed E-state index contributed by atoms with van der Waals surface area (Å²) < 4.78 is 5.78. The van der Waals surface area contributed by atoms with Crippen LogP contribution in [0.5, 0.6) is 5.75 Å². The third-order valence-electron chi connectivity index (χ3n) is 3.40. The Morgan fingerprint density at radius 3 is 2.56 bits per heavy atom. The van der Waals surface area contributed by atoms with E-state index in [2.05, 4.69) is 13.0 Å². The molecule has 1 fully saturated rings. The van der Waals surface area contributed by atoms with Crippen LogP contribution in [0.25, 0.3) is 0 Å². The standard InChI is InChI=1S/C15H21NO2/c1-11-6-7-14(12(2)10-11)18-13(3)15(17)16-8-4-5-9-16/h6-7,10,13H,4-5,8-9H2,1-3H3/t13-/m1/s1. The highest BCUT2D eigenvalue weighted by molar-refractivity contribution is 5.81. The van der Waals surface area contributed by atoms with Gasteiger partial charge in [0.25, 0.3) is 5.91 Å². The lowest BCUT2D eigenvalue weighted by molar-refractivity contribution is -0.136. The number of carbonyl (C=O) groups is 1. The second-order valence-electron chi connectivity index (χ2n) is 5.06. The summed E-state index contributed by atoms with van der Waals surface area (Å²) in [5, 5.41) is 0. The van der Waals surface area contributed by atoms with Crippen LogP contribution in [0, 0.1) is 13.8 Å². The number of ether oxygens (including phenoxy) is 1. The van der Waals surface area contributed by atoms with Gasteiger partial charge < -0.3 is 9.64 Å². The van der Waals surface area contributed by atoms with E-state index in [9.17, 15) is 4.79 Å². The molecule has 0 unspecified atom stereocenters. The van der Waals surface area contributed by atoms with Crippen LogP contribution in [-0.4, -0.2) is 30.0 Å². The van der Waals surface area contributed by atoms with Crippen molar-refractivity contribution in [2.75, 3.05) is 13.1 Å². The lowest BCUT2D eigenvalue weighted by atomic mass is 10.1. The Balaban J connectivity index is 2.01. The van der Waals surface area contributed by atoms with Gasteiger partial charge in [-0.25, -0.2) is 0 Å². The number of rotatable bonds is 3. The largest absolute Gasteiger partial charge is 0.481 e. The highest BCUT2D eigenvalue weighted by atomic mass is 16.5. The second kappa shape index (κ2) is 5.42. The summed E-state index contributed by atoms with van der Waals surface area (Å²) in [5.41, 5.74) is 2.29. The van der Waals surface area contributed by atoms with Crippen LogP contribution in [-0.2, 0) is 4.79 Å². The van der Waals surface area contributed by atoms with E-state index in [-0.39, 0.29) is 5.91 Å². The molecule has 0 aliphatic carbocycles. The molecule has 0 saturated carbocycles. The van der Waals surface area contributed by atoms with Gasteiger partial charge in [-0.2, -0.15) is 0 Å². The minimum absolute atomic E-state index is 0.104. The number of amides is 1. The molecule has 1 saturated heterocycles. The summed E-state index contributed by atoms with van der Waals surface area (Å²) in [4.78, 5) is 14.0. The molecule has 0 radical (unpaired) electrons. The fraction of sp³-hybridized carbons (Fsp3) is 0.533. The van der Waals surface area contributed by atoms with Crippen LogP contribution in [0.4, 0.5) is 0 Å². The summed E-state index contributed by atoms with van der Waals surface area (Å²) in [5.74, 6) is 0.910. The van der Waals surface area contributed by atoms with Crippen molar-refractivity contribution < 1.29 is 9.53 Å². The second-order valence-corrected chi connectivity index (χ2v) is 5.06. The lowest BCUT2D eigenvalue weighted by Crippen LogP contribution is -2.38. The molecule has 0 spiro atoms. The molecule has 1 atom stereocenters. The van der Waals surface area contributed by atoms with Crippen molar-refractivity contribution in [3.63, 3.8) is 0 Å². The van der Waals surface area contributed by atoms with Crippen LogP contribution in [0.15, 0.2) is 18.2 Å². The van der Waals surface area contributed by atoms with Gasteiger partial charge in [0.05, 0.1) is 0 Å². The molecule has 1 heterocycles. The first-order valence-electron chi connectivity index (χ1n) is 6.60. The van der Waals surface area contributed by atoms with Crippen molar-refractivity contribution >= 4 is 5.91 Å². The molecule has 3 heteroatoms. The van der Waals surface area contributed by atoms with E-state index in [0.29, 0.717) is 0 Å².